The zero-order valence-corrected chi connectivity index (χ0v) is 16.7. The first-order valence-electron chi connectivity index (χ1n) is 9.21. The average Bonchev–Trinajstić information content (AvgIpc) is 3.05. The molecule has 0 spiro atoms. The average molecular weight is 418 g/mol. The van der Waals surface area contributed by atoms with E-state index >= 15 is 0 Å². The van der Waals surface area contributed by atoms with E-state index in [2.05, 4.69) is 4.98 Å². The Bertz CT molecular complexity index is 1030. The second-order valence-electron chi connectivity index (χ2n) is 6.78. The number of carbonyl (C=O) groups excluding carboxylic acids is 2. The van der Waals surface area contributed by atoms with E-state index in [-0.39, 0.29) is 12.2 Å². The molecule has 0 aliphatic carbocycles. The third-order valence-corrected chi connectivity index (χ3v) is 4.67. The summed E-state index contributed by atoms with van der Waals surface area (Å²) < 4.78 is 23.1. The maximum absolute atomic E-state index is 12.3. The molecule has 1 unspecified atom stereocenters. The maximum atomic E-state index is 12.3. The Hall–Kier alpha value is -3.24. The highest BCUT2D eigenvalue weighted by Gasteiger charge is 2.49. The van der Waals surface area contributed by atoms with E-state index in [1.54, 1.807) is 30.3 Å². The minimum Gasteiger partial charge on any atom is -0.459 e. The topological polar surface area (TPSA) is 126 Å². The van der Waals surface area contributed by atoms with Gasteiger partial charge in [-0.25, -0.2) is 9.59 Å². The molecule has 1 saturated heterocycles. The van der Waals surface area contributed by atoms with Crippen molar-refractivity contribution < 1.29 is 28.5 Å². The molecule has 4 atom stereocenters. The zero-order valence-electron chi connectivity index (χ0n) is 16.7. The predicted octanol–water partition coefficient (Wildman–Crippen LogP) is 0.546. The van der Waals surface area contributed by atoms with Crippen molar-refractivity contribution in [3.8, 4) is 0 Å². The molecule has 1 aliphatic heterocycles. The second kappa shape index (κ2) is 9.06. The lowest BCUT2D eigenvalue weighted by molar-refractivity contribution is -0.156. The standard InChI is InChI=1S/C20H22N2O8/c1-11-9-22(20(26)21-17(11)24)18-16(29-12(2)23)15(27-3)14(30-18)10-28-19(25)13-7-5-4-6-8-13/h4-9,14-16,18H,10H2,1-3H3,(H,21,24,26)/t14-,15?,16+,18-/m1/s1. The minimum absolute atomic E-state index is 0.197. The van der Waals surface area contributed by atoms with Crippen LogP contribution in [0, 0.1) is 6.92 Å². The van der Waals surface area contributed by atoms with Gasteiger partial charge in [-0.2, -0.15) is 0 Å². The van der Waals surface area contributed by atoms with Crippen molar-refractivity contribution in [2.45, 2.75) is 38.4 Å². The van der Waals surface area contributed by atoms with Gasteiger partial charge in [0.15, 0.2) is 12.3 Å². The molecule has 0 radical (unpaired) electrons. The molecule has 160 valence electrons. The number of aromatic amines is 1. The summed E-state index contributed by atoms with van der Waals surface area (Å²) in [5, 5.41) is 0. The van der Waals surface area contributed by atoms with E-state index in [0.717, 1.165) is 4.57 Å². The fourth-order valence-electron chi connectivity index (χ4n) is 3.26. The van der Waals surface area contributed by atoms with Crippen molar-refractivity contribution in [2.24, 2.45) is 0 Å². The number of nitrogens with zero attached hydrogens (tertiary/aromatic N) is 1. The van der Waals surface area contributed by atoms with Crippen LogP contribution < -0.4 is 11.2 Å². The molecule has 10 heteroatoms. The lowest BCUT2D eigenvalue weighted by atomic mass is 10.1. The normalized spacial score (nSPS) is 23.2. The van der Waals surface area contributed by atoms with Crippen LogP contribution in [0.15, 0.2) is 46.1 Å². The van der Waals surface area contributed by atoms with Crippen LogP contribution in [0.5, 0.6) is 0 Å². The zero-order chi connectivity index (χ0) is 21.8. The van der Waals surface area contributed by atoms with Gasteiger partial charge in [0.2, 0.25) is 0 Å². The molecule has 1 aliphatic rings. The van der Waals surface area contributed by atoms with Crippen LogP contribution >= 0.6 is 0 Å². The third-order valence-electron chi connectivity index (χ3n) is 4.67. The number of hydrogen-bond donors (Lipinski definition) is 1. The summed E-state index contributed by atoms with van der Waals surface area (Å²) in [5.41, 5.74) is -0.628. The number of benzene rings is 1. The molecule has 30 heavy (non-hydrogen) atoms. The SMILES string of the molecule is COC1[C@@H](COC(=O)c2ccccc2)O[C@@H](n2cc(C)c(=O)[nH]c2=O)[C@H]1OC(C)=O. The fraction of sp³-hybridized carbons (Fsp3) is 0.400. The smallest absolute Gasteiger partial charge is 0.338 e. The number of methoxy groups -OCH3 is 1. The number of aryl methyl sites for hydroxylation is 1. The summed E-state index contributed by atoms with van der Waals surface area (Å²) in [5.74, 6) is -1.16. The molecule has 3 rings (SSSR count). The van der Waals surface area contributed by atoms with Gasteiger partial charge in [-0.05, 0) is 19.1 Å². The lowest BCUT2D eigenvalue weighted by Crippen LogP contribution is -2.41. The molecule has 1 aromatic carbocycles. The van der Waals surface area contributed by atoms with Crippen molar-refractivity contribution in [1.29, 1.82) is 0 Å². The molecule has 2 heterocycles. The van der Waals surface area contributed by atoms with E-state index < -0.39 is 47.7 Å². The lowest BCUT2D eigenvalue weighted by Gasteiger charge is -2.23. The van der Waals surface area contributed by atoms with Crippen molar-refractivity contribution in [3.63, 3.8) is 0 Å². The first-order chi connectivity index (χ1) is 14.3. The largest absolute Gasteiger partial charge is 0.459 e. The highest BCUT2D eigenvalue weighted by Crippen LogP contribution is 2.33. The number of carbonyl (C=O) groups is 2. The molecule has 0 amide bonds. The minimum atomic E-state index is -1.08. The summed E-state index contributed by atoms with van der Waals surface area (Å²) in [6.45, 7) is 2.54. The van der Waals surface area contributed by atoms with Crippen LogP contribution in [0.4, 0.5) is 0 Å². The van der Waals surface area contributed by atoms with Crippen LogP contribution in [0.1, 0.15) is 29.1 Å². The van der Waals surface area contributed by atoms with Crippen molar-refractivity contribution in [3.05, 3.63) is 68.5 Å². The Morgan fingerprint density at radius 3 is 2.50 bits per heavy atom. The maximum Gasteiger partial charge on any atom is 0.338 e. The van der Waals surface area contributed by atoms with E-state index in [1.165, 1.54) is 27.2 Å². The first-order valence-corrected chi connectivity index (χ1v) is 9.21. The summed E-state index contributed by atoms with van der Waals surface area (Å²) in [6, 6.07) is 8.41. The van der Waals surface area contributed by atoms with Crippen LogP contribution in [0.2, 0.25) is 0 Å². The van der Waals surface area contributed by atoms with Crippen LogP contribution in [-0.4, -0.2) is 53.5 Å². The van der Waals surface area contributed by atoms with E-state index in [4.69, 9.17) is 18.9 Å². The summed E-state index contributed by atoms with van der Waals surface area (Å²) in [6.07, 6.45) is -2.41. The Labute approximate surface area is 171 Å². The molecule has 1 N–H and O–H groups in total. The third kappa shape index (κ3) is 4.50. The summed E-state index contributed by atoms with van der Waals surface area (Å²) >= 11 is 0. The number of H-pyrrole nitrogens is 1. The molecule has 1 fully saturated rings. The molecular weight excluding hydrogens is 396 g/mol. The number of esters is 2. The Morgan fingerprint density at radius 2 is 1.87 bits per heavy atom. The molecule has 1 aromatic heterocycles. The van der Waals surface area contributed by atoms with Gasteiger partial charge in [-0.1, -0.05) is 18.2 Å². The molecule has 10 nitrogen and oxygen atoms in total. The van der Waals surface area contributed by atoms with Gasteiger partial charge < -0.3 is 18.9 Å². The van der Waals surface area contributed by atoms with Gasteiger partial charge in [0.05, 0.1) is 5.56 Å². The van der Waals surface area contributed by atoms with E-state index in [0.29, 0.717) is 5.56 Å². The number of aromatic nitrogens is 2. The second-order valence-corrected chi connectivity index (χ2v) is 6.78. The van der Waals surface area contributed by atoms with Crippen LogP contribution in [-0.2, 0) is 23.7 Å². The number of hydrogen-bond acceptors (Lipinski definition) is 8. The Balaban J connectivity index is 1.85. The van der Waals surface area contributed by atoms with Gasteiger partial charge >= 0.3 is 17.6 Å². The number of rotatable bonds is 6. The Morgan fingerprint density at radius 1 is 1.17 bits per heavy atom. The first kappa shape index (κ1) is 21.5. The predicted molar refractivity (Wildman–Crippen MR) is 103 cm³/mol. The van der Waals surface area contributed by atoms with Gasteiger partial charge in [0, 0.05) is 25.8 Å². The highest BCUT2D eigenvalue weighted by molar-refractivity contribution is 5.89. The summed E-state index contributed by atoms with van der Waals surface area (Å²) in [4.78, 5) is 50.1. The van der Waals surface area contributed by atoms with Gasteiger partial charge in [-0.15, -0.1) is 0 Å². The molecule has 0 saturated carbocycles. The van der Waals surface area contributed by atoms with Crippen LogP contribution in [0.3, 0.4) is 0 Å². The monoisotopic (exact) mass is 418 g/mol. The van der Waals surface area contributed by atoms with Crippen molar-refractivity contribution >= 4 is 11.9 Å². The van der Waals surface area contributed by atoms with Gasteiger partial charge in [0.1, 0.15) is 18.8 Å². The summed E-state index contributed by atoms with van der Waals surface area (Å²) in [7, 11) is 1.39. The van der Waals surface area contributed by atoms with Crippen LogP contribution in [0.25, 0.3) is 0 Å². The van der Waals surface area contributed by atoms with E-state index in [1.807, 2.05) is 0 Å². The van der Waals surface area contributed by atoms with Gasteiger partial charge in [0.25, 0.3) is 5.56 Å². The number of nitrogens with one attached hydrogen (secondary N) is 1. The highest BCUT2D eigenvalue weighted by atomic mass is 16.6. The molecular formula is C20H22N2O8. The Kier molecular flexibility index (Phi) is 6.48. The number of ether oxygens (including phenoxy) is 4. The molecule has 0 bridgehead atoms. The van der Waals surface area contributed by atoms with Crippen molar-refractivity contribution in [2.75, 3.05) is 13.7 Å². The fourth-order valence-corrected chi connectivity index (χ4v) is 3.26. The van der Waals surface area contributed by atoms with Crippen molar-refractivity contribution in [1.82, 2.24) is 9.55 Å². The quantitative estimate of drug-likeness (QED) is 0.674. The van der Waals surface area contributed by atoms with Gasteiger partial charge in [-0.3, -0.25) is 19.1 Å². The van der Waals surface area contributed by atoms with E-state index in [9.17, 15) is 19.2 Å². The molecule has 2 aromatic rings.